The Hall–Kier alpha value is -1.84. The molecule has 0 saturated carbocycles. The minimum Gasteiger partial charge on any atom is -0.351 e. The maximum atomic E-state index is 12.4. The van der Waals surface area contributed by atoms with E-state index < -0.39 is 0 Å². The van der Waals surface area contributed by atoms with Crippen molar-refractivity contribution in [3.8, 4) is 0 Å². The fourth-order valence-corrected chi connectivity index (χ4v) is 4.70. The highest BCUT2D eigenvalue weighted by molar-refractivity contribution is 9.11. The number of carbonyl (C=O) groups excluding carboxylic acids is 3. The summed E-state index contributed by atoms with van der Waals surface area (Å²) in [5.74, 6) is 0.923. The molecule has 0 spiro atoms. The predicted molar refractivity (Wildman–Crippen MR) is 116 cm³/mol. The number of rotatable bonds is 8. The van der Waals surface area contributed by atoms with Crippen LogP contribution in [0.3, 0.4) is 0 Å². The molecule has 3 N–H and O–H groups in total. The molecule has 0 aliphatic heterocycles. The third-order valence-corrected chi connectivity index (χ3v) is 6.06. The summed E-state index contributed by atoms with van der Waals surface area (Å²) in [7, 11) is 0. The zero-order chi connectivity index (χ0) is 19.8. The van der Waals surface area contributed by atoms with Crippen LogP contribution in [0.4, 0.5) is 11.4 Å². The largest absolute Gasteiger partial charge is 0.351 e. The quantitative estimate of drug-likeness (QED) is 0.508. The van der Waals surface area contributed by atoms with Gasteiger partial charge in [0.15, 0.2) is 0 Å². The van der Waals surface area contributed by atoms with Crippen LogP contribution in [0.25, 0.3) is 0 Å². The van der Waals surface area contributed by atoms with Gasteiger partial charge in [-0.25, -0.2) is 0 Å². The Labute approximate surface area is 174 Å². The molecule has 9 heteroatoms. The molecular weight excluding hydrogens is 450 g/mol. The number of thioether (sulfide) groups is 1. The summed E-state index contributed by atoms with van der Waals surface area (Å²) in [6, 6.07) is 8.87. The number of carbonyl (C=O) groups is 3. The average molecular weight is 470 g/mol. The van der Waals surface area contributed by atoms with Gasteiger partial charge in [0.25, 0.3) is 5.91 Å². The Kier molecular flexibility index (Phi) is 8.33. The van der Waals surface area contributed by atoms with Crippen LogP contribution in [-0.4, -0.2) is 30.0 Å². The molecule has 0 saturated heterocycles. The number of benzene rings is 1. The van der Waals surface area contributed by atoms with Crippen LogP contribution in [0.5, 0.6) is 0 Å². The van der Waals surface area contributed by atoms with E-state index in [1.54, 1.807) is 41.3 Å². The summed E-state index contributed by atoms with van der Waals surface area (Å²) in [4.78, 5) is 36.3. The molecule has 0 unspecified atom stereocenters. The lowest BCUT2D eigenvalue weighted by Crippen LogP contribution is -2.26. The van der Waals surface area contributed by atoms with Gasteiger partial charge in [0.05, 0.1) is 3.79 Å². The minimum atomic E-state index is -0.256. The molecule has 0 fully saturated rings. The van der Waals surface area contributed by atoms with Crippen LogP contribution in [0.2, 0.25) is 0 Å². The first-order valence-electron chi connectivity index (χ1n) is 8.14. The summed E-state index contributed by atoms with van der Waals surface area (Å²) < 4.78 is 1.11. The molecule has 0 bridgehead atoms. The summed E-state index contributed by atoms with van der Waals surface area (Å²) in [5, 5.41) is 8.13. The van der Waals surface area contributed by atoms with Crippen molar-refractivity contribution in [3.63, 3.8) is 0 Å². The summed E-state index contributed by atoms with van der Waals surface area (Å²) in [5.41, 5.74) is 1.28. The van der Waals surface area contributed by atoms with Gasteiger partial charge in [-0.1, -0.05) is 0 Å². The Balaban J connectivity index is 1.91. The molecule has 0 atom stereocenters. The maximum Gasteiger partial charge on any atom is 0.251 e. The number of amides is 3. The van der Waals surface area contributed by atoms with E-state index in [-0.39, 0.29) is 17.7 Å². The van der Waals surface area contributed by atoms with E-state index in [4.69, 9.17) is 0 Å². The van der Waals surface area contributed by atoms with Crippen LogP contribution < -0.4 is 16.0 Å². The summed E-state index contributed by atoms with van der Waals surface area (Å²) >= 11 is 6.88. The van der Waals surface area contributed by atoms with Crippen LogP contribution in [0.15, 0.2) is 34.1 Å². The van der Waals surface area contributed by atoms with Gasteiger partial charge in [0.2, 0.25) is 11.8 Å². The van der Waals surface area contributed by atoms with E-state index in [2.05, 4.69) is 37.9 Å². The highest BCUT2D eigenvalue weighted by Crippen LogP contribution is 2.25. The average Bonchev–Trinajstić information content (AvgIpc) is 2.98. The Morgan fingerprint density at radius 2 is 1.67 bits per heavy atom. The van der Waals surface area contributed by atoms with Crippen molar-refractivity contribution in [2.24, 2.45) is 0 Å². The molecular formula is C18H20BrN3O3S2. The number of nitrogens with one attached hydrogen (secondary N) is 3. The van der Waals surface area contributed by atoms with Gasteiger partial charge in [-0.15, -0.1) is 11.3 Å². The molecule has 2 rings (SSSR count). The summed E-state index contributed by atoms with van der Waals surface area (Å²) in [6.45, 7) is 3.29. The number of hydrogen-bond donors (Lipinski definition) is 3. The van der Waals surface area contributed by atoms with Crippen LogP contribution >= 0.6 is 39.0 Å². The molecule has 6 nitrogen and oxygen atoms in total. The highest BCUT2D eigenvalue weighted by Gasteiger charge is 2.10. The lowest BCUT2D eigenvalue weighted by Gasteiger charge is -2.11. The second-order valence-electron chi connectivity index (χ2n) is 5.68. The van der Waals surface area contributed by atoms with Crippen molar-refractivity contribution >= 4 is 68.1 Å². The number of halogens is 1. The van der Waals surface area contributed by atoms with E-state index in [1.807, 2.05) is 6.07 Å². The molecule has 0 aliphatic rings. The lowest BCUT2D eigenvalue weighted by atomic mass is 10.1. The van der Waals surface area contributed by atoms with Gasteiger partial charge in [0, 0.05) is 53.7 Å². The van der Waals surface area contributed by atoms with Crippen molar-refractivity contribution < 1.29 is 14.4 Å². The Morgan fingerprint density at radius 3 is 2.19 bits per heavy atom. The van der Waals surface area contributed by atoms with E-state index in [9.17, 15) is 14.4 Å². The van der Waals surface area contributed by atoms with Crippen molar-refractivity contribution in [3.05, 3.63) is 44.6 Å². The van der Waals surface area contributed by atoms with Crippen LogP contribution in [-0.2, 0) is 15.3 Å². The Morgan fingerprint density at radius 1 is 1.04 bits per heavy atom. The SMILES string of the molecule is CC(=O)Nc1cc(NC(C)=O)cc(C(=O)NCCSCc2ccc(Br)s2)c1. The second-order valence-corrected chi connectivity index (χ2v) is 9.33. The molecule has 27 heavy (non-hydrogen) atoms. The van der Waals surface area contributed by atoms with Gasteiger partial charge >= 0.3 is 0 Å². The number of hydrogen-bond acceptors (Lipinski definition) is 5. The standard InChI is InChI=1S/C18H20BrN3O3S2/c1-11(23)21-14-7-13(8-15(9-14)22-12(2)24)18(25)20-5-6-26-10-16-3-4-17(19)27-16/h3-4,7-9H,5-6,10H2,1-2H3,(H,20,25)(H,21,23)(H,22,24). The van der Waals surface area contributed by atoms with E-state index >= 15 is 0 Å². The first kappa shape index (κ1) is 21.5. The summed E-state index contributed by atoms with van der Waals surface area (Å²) in [6.07, 6.45) is 0. The number of anilines is 2. The van der Waals surface area contributed by atoms with Crippen LogP contribution in [0, 0.1) is 0 Å². The van der Waals surface area contributed by atoms with Gasteiger partial charge in [0.1, 0.15) is 0 Å². The zero-order valence-electron chi connectivity index (χ0n) is 14.9. The predicted octanol–water partition coefficient (Wildman–Crippen LogP) is 4.09. The lowest BCUT2D eigenvalue weighted by molar-refractivity contribution is -0.115. The highest BCUT2D eigenvalue weighted by atomic mass is 79.9. The maximum absolute atomic E-state index is 12.4. The van der Waals surface area contributed by atoms with Crippen molar-refractivity contribution in [2.75, 3.05) is 22.9 Å². The van der Waals surface area contributed by atoms with E-state index in [0.29, 0.717) is 23.5 Å². The zero-order valence-corrected chi connectivity index (χ0v) is 18.1. The normalized spacial score (nSPS) is 10.3. The molecule has 1 heterocycles. The van der Waals surface area contributed by atoms with Crippen molar-refractivity contribution in [1.82, 2.24) is 5.32 Å². The van der Waals surface area contributed by atoms with Gasteiger partial charge in [-0.2, -0.15) is 11.8 Å². The Bertz CT molecular complexity index is 805. The molecule has 144 valence electrons. The molecule has 0 radical (unpaired) electrons. The minimum absolute atomic E-state index is 0.252. The molecule has 0 aliphatic carbocycles. The molecule has 1 aromatic heterocycles. The fraction of sp³-hybridized carbons (Fsp3) is 0.278. The third-order valence-electron chi connectivity index (χ3n) is 3.24. The topological polar surface area (TPSA) is 87.3 Å². The van der Waals surface area contributed by atoms with Gasteiger partial charge in [-0.05, 0) is 46.3 Å². The molecule has 1 aromatic carbocycles. The van der Waals surface area contributed by atoms with Crippen molar-refractivity contribution in [1.29, 1.82) is 0 Å². The van der Waals surface area contributed by atoms with E-state index in [0.717, 1.165) is 15.3 Å². The van der Waals surface area contributed by atoms with Crippen LogP contribution in [0.1, 0.15) is 29.1 Å². The third kappa shape index (κ3) is 7.74. The first-order chi connectivity index (χ1) is 12.8. The molecule has 3 amide bonds. The van der Waals surface area contributed by atoms with Gasteiger partial charge in [-0.3, -0.25) is 14.4 Å². The van der Waals surface area contributed by atoms with Crippen molar-refractivity contribution in [2.45, 2.75) is 19.6 Å². The van der Waals surface area contributed by atoms with Gasteiger partial charge < -0.3 is 16.0 Å². The van der Waals surface area contributed by atoms with E-state index in [1.165, 1.54) is 18.7 Å². The number of thiophene rings is 1. The monoisotopic (exact) mass is 469 g/mol. The fourth-order valence-electron chi connectivity index (χ4n) is 2.25. The second kappa shape index (κ2) is 10.5. The molecule has 2 aromatic rings. The smallest absolute Gasteiger partial charge is 0.251 e. The first-order valence-corrected chi connectivity index (χ1v) is 10.9.